The van der Waals surface area contributed by atoms with Gasteiger partial charge >= 0.3 is 71.9 Å². The van der Waals surface area contributed by atoms with E-state index in [0.717, 1.165) is 5.57 Å². The van der Waals surface area contributed by atoms with Gasteiger partial charge in [-0.15, -0.1) is 0 Å². The molecule has 0 spiro atoms. The zero-order valence-corrected chi connectivity index (χ0v) is 8.59. The summed E-state index contributed by atoms with van der Waals surface area (Å²) >= 11 is 1.39. The first kappa shape index (κ1) is 9.74. The van der Waals surface area contributed by atoms with Crippen molar-refractivity contribution in [1.29, 1.82) is 0 Å². The molecular formula is C8H10OW. The van der Waals surface area contributed by atoms with Crippen LogP contribution < -0.4 is 0 Å². The van der Waals surface area contributed by atoms with Crippen LogP contribution in [0.4, 0.5) is 0 Å². The fraction of sp³-hybridized carbons (Fsp3) is 0.125. The van der Waals surface area contributed by atoms with Crippen LogP contribution in [0.15, 0.2) is 36.5 Å². The molecule has 0 aromatic heterocycles. The Balaban J connectivity index is 4.07. The van der Waals surface area contributed by atoms with Crippen LogP contribution >= 0.6 is 0 Å². The second-order valence-corrected chi connectivity index (χ2v) is 2.45. The summed E-state index contributed by atoms with van der Waals surface area (Å²) in [6.07, 6.45) is 7.21. The van der Waals surface area contributed by atoms with Crippen molar-refractivity contribution in [3.8, 4) is 0 Å². The topological polar surface area (TPSA) is 20.2 Å². The fourth-order valence-corrected chi connectivity index (χ4v) is 1.02. The van der Waals surface area contributed by atoms with Crippen LogP contribution in [0, 0.1) is 0 Å². The van der Waals surface area contributed by atoms with Gasteiger partial charge in [0.2, 0.25) is 0 Å². The van der Waals surface area contributed by atoms with Crippen LogP contribution in [0.25, 0.3) is 0 Å². The molecule has 0 rings (SSSR count). The third-order valence-corrected chi connectivity index (χ3v) is 1.84. The van der Waals surface area contributed by atoms with Gasteiger partial charge in [-0.25, -0.2) is 0 Å². The van der Waals surface area contributed by atoms with Crippen molar-refractivity contribution >= 4 is 4.40 Å². The SMILES string of the molecule is C=C/C=C([CH]=[W])/C=C/CO. The molecule has 1 N–H and O–H groups in total. The molecule has 0 unspecified atom stereocenters. The van der Waals surface area contributed by atoms with Gasteiger partial charge in [0.25, 0.3) is 0 Å². The van der Waals surface area contributed by atoms with Gasteiger partial charge in [0.1, 0.15) is 0 Å². The first-order chi connectivity index (χ1) is 4.85. The summed E-state index contributed by atoms with van der Waals surface area (Å²) in [5.41, 5.74) is 1.10. The molecule has 0 aromatic rings. The van der Waals surface area contributed by atoms with E-state index >= 15 is 0 Å². The molecule has 2 heteroatoms. The molecular weight excluding hydrogens is 296 g/mol. The molecule has 0 aliphatic heterocycles. The monoisotopic (exact) mass is 306 g/mol. The van der Waals surface area contributed by atoms with Crippen molar-refractivity contribution < 1.29 is 24.5 Å². The van der Waals surface area contributed by atoms with Crippen molar-refractivity contribution in [2.24, 2.45) is 0 Å². The van der Waals surface area contributed by atoms with Crippen molar-refractivity contribution in [2.45, 2.75) is 0 Å². The summed E-state index contributed by atoms with van der Waals surface area (Å²) in [4.78, 5) is 0. The molecule has 0 aromatic carbocycles. The first-order valence-corrected chi connectivity index (χ1v) is 4.59. The minimum atomic E-state index is 0.0949. The second-order valence-electron chi connectivity index (χ2n) is 1.61. The molecule has 0 fully saturated rings. The average molecular weight is 306 g/mol. The van der Waals surface area contributed by atoms with E-state index < -0.39 is 0 Å². The summed E-state index contributed by atoms with van der Waals surface area (Å²) in [7, 11) is 0. The van der Waals surface area contributed by atoms with E-state index in [2.05, 4.69) is 6.58 Å². The Hall–Kier alpha value is -0.262. The summed E-state index contributed by atoms with van der Waals surface area (Å²) in [5, 5.41) is 8.43. The van der Waals surface area contributed by atoms with Crippen LogP contribution in [-0.2, 0) is 19.4 Å². The van der Waals surface area contributed by atoms with E-state index in [4.69, 9.17) is 5.11 Å². The van der Waals surface area contributed by atoms with Crippen molar-refractivity contribution in [2.75, 3.05) is 6.61 Å². The number of aliphatic hydroxyl groups excluding tert-OH is 1. The quantitative estimate of drug-likeness (QED) is 0.768. The van der Waals surface area contributed by atoms with Gasteiger partial charge in [-0.1, -0.05) is 0 Å². The van der Waals surface area contributed by atoms with Gasteiger partial charge in [-0.05, 0) is 0 Å². The predicted molar refractivity (Wildman–Crippen MR) is 40.6 cm³/mol. The molecule has 0 aliphatic carbocycles. The van der Waals surface area contributed by atoms with Gasteiger partial charge in [-0.2, -0.15) is 0 Å². The maximum absolute atomic E-state index is 8.43. The second kappa shape index (κ2) is 6.85. The normalized spacial score (nSPS) is 11.9. The zero-order valence-electron chi connectivity index (χ0n) is 5.66. The fourth-order valence-electron chi connectivity index (χ4n) is 0.459. The zero-order chi connectivity index (χ0) is 7.82. The molecule has 0 heterocycles. The molecule has 0 aliphatic rings. The van der Waals surface area contributed by atoms with Crippen molar-refractivity contribution in [3.05, 3.63) is 36.5 Å². The minimum absolute atomic E-state index is 0.0949. The molecule has 0 atom stereocenters. The van der Waals surface area contributed by atoms with Crippen LogP contribution in [0.1, 0.15) is 0 Å². The Labute approximate surface area is 72.2 Å². The predicted octanol–water partition coefficient (Wildman–Crippen LogP) is 0.996. The third kappa shape index (κ3) is 4.60. The van der Waals surface area contributed by atoms with E-state index in [-0.39, 0.29) is 6.61 Å². The Morgan fingerprint density at radius 2 is 2.30 bits per heavy atom. The number of hydrogen-bond donors (Lipinski definition) is 1. The van der Waals surface area contributed by atoms with E-state index in [0.29, 0.717) is 0 Å². The Morgan fingerprint density at radius 1 is 1.60 bits per heavy atom. The molecule has 0 saturated carbocycles. The van der Waals surface area contributed by atoms with E-state index in [1.165, 1.54) is 19.4 Å². The standard InChI is InChI=1S/C8H10O.W/c1-3-5-8(2)6-4-7-9;/h2-6,9H,1,7H2;/b6-4+,8-5+;. The van der Waals surface area contributed by atoms with Gasteiger partial charge in [0.15, 0.2) is 0 Å². The maximum atomic E-state index is 8.43. The summed E-state index contributed by atoms with van der Waals surface area (Å²) in [6, 6.07) is 0. The first-order valence-electron chi connectivity index (χ1n) is 2.90. The number of allylic oxidation sites excluding steroid dienone is 4. The van der Waals surface area contributed by atoms with Gasteiger partial charge in [0, 0.05) is 0 Å². The molecule has 0 bridgehead atoms. The average Bonchev–Trinajstić information content (AvgIpc) is 1.98. The van der Waals surface area contributed by atoms with E-state index in [1.807, 2.05) is 16.6 Å². The number of rotatable bonds is 4. The van der Waals surface area contributed by atoms with E-state index in [9.17, 15) is 0 Å². The summed E-state index contributed by atoms with van der Waals surface area (Å²) < 4.78 is 2.04. The molecule has 0 saturated heterocycles. The third-order valence-electron chi connectivity index (χ3n) is 0.862. The Morgan fingerprint density at radius 3 is 2.70 bits per heavy atom. The van der Waals surface area contributed by atoms with Crippen LogP contribution in [0.3, 0.4) is 0 Å². The number of hydrogen-bond acceptors (Lipinski definition) is 1. The molecule has 1 nitrogen and oxygen atoms in total. The van der Waals surface area contributed by atoms with Gasteiger partial charge < -0.3 is 0 Å². The summed E-state index contributed by atoms with van der Waals surface area (Å²) in [5.74, 6) is 0. The van der Waals surface area contributed by atoms with E-state index in [1.54, 1.807) is 12.2 Å². The van der Waals surface area contributed by atoms with Crippen molar-refractivity contribution in [3.63, 3.8) is 0 Å². The molecule has 10 heavy (non-hydrogen) atoms. The molecule has 0 radical (unpaired) electrons. The van der Waals surface area contributed by atoms with Crippen LogP contribution in [0.5, 0.6) is 0 Å². The van der Waals surface area contributed by atoms with Crippen LogP contribution in [0.2, 0.25) is 0 Å². The Bertz CT molecular complexity index is 168. The molecule has 54 valence electrons. The van der Waals surface area contributed by atoms with Crippen molar-refractivity contribution in [1.82, 2.24) is 0 Å². The van der Waals surface area contributed by atoms with Gasteiger partial charge in [0.05, 0.1) is 0 Å². The van der Waals surface area contributed by atoms with Crippen LogP contribution in [-0.4, -0.2) is 16.1 Å². The number of aliphatic hydroxyl groups is 1. The summed E-state index contributed by atoms with van der Waals surface area (Å²) in [6.45, 7) is 3.67. The molecule has 0 amide bonds. The Kier molecular flexibility index (Phi) is 6.67. The van der Waals surface area contributed by atoms with Gasteiger partial charge in [-0.3, -0.25) is 0 Å².